The number of benzene rings is 2. The van der Waals surface area contributed by atoms with Gasteiger partial charge in [-0.1, -0.05) is 60.7 Å². The maximum Gasteiger partial charge on any atom is 0.310 e. The minimum atomic E-state index is -0.446. The number of carbonyl (C=O) groups is 2. The average molecular weight is 418 g/mol. The number of ether oxygens (including phenoxy) is 1. The number of esters is 1. The molecular weight excluding hydrogens is 390 g/mol. The molecule has 31 heavy (non-hydrogen) atoms. The average Bonchev–Trinajstić information content (AvgIpc) is 2.82. The molecule has 1 saturated heterocycles. The molecule has 1 aliphatic heterocycles. The molecule has 1 unspecified atom stereocenters. The van der Waals surface area contributed by atoms with E-state index in [-0.39, 0.29) is 23.5 Å². The van der Waals surface area contributed by atoms with Crippen molar-refractivity contribution in [3.05, 3.63) is 83.6 Å². The van der Waals surface area contributed by atoms with Crippen LogP contribution in [0.1, 0.15) is 36.9 Å². The summed E-state index contributed by atoms with van der Waals surface area (Å²) in [5.41, 5.74) is 1.88. The van der Waals surface area contributed by atoms with E-state index >= 15 is 0 Å². The summed E-state index contributed by atoms with van der Waals surface area (Å²) in [6.07, 6.45) is 3.12. The molecule has 2 aromatic carbocycles. The molecule has 1 aliphatic rings. The lowest BCUT2D eigenvalue weighted by atomic mass is 9.97. The van der Waals surface area contributed by atoms with E-state index in [1.165, 1.54) is 0 Å². The molecule has 1 amide bonds. The molecular formula is C25H27N3O3. The van der Waals surface area contributed by atoms with Gasteiger partial charge in [0.2, 0.25) is 0 Å². The van der Waals surface area contributed by atoms with E-state index in [1.54, 1.807) is 13.1 Å². The second-order valence-corrected chi connectivity index (χ2v) is 7.47. The second kappa shape index (κ2) is 11.0. The molecule has 0 saturated carbocycles. The van der Waals surface area contributed by atoms with Gasteiger partial charge in [0.15, 0.2) is 0 Å². The van der Waals surface area contributed by atoms with Crippen molar-refractivity contribution in [2.75, 3.05) is 19.7 Å². The number of rotatable bonds is 7. The smallest absolute Gasteiger partial charge is 0.310 e. The highest BCUT2D eigenvalue weighted by Gasteiger charge is 2.27. The molecule has 1 N–H and O–H groups in total. The molecule has 0 bridgehead atoms. The minimum absolute atomic E-state index is 0.0152. The van der Waals surface area contributed by atoms with Crippen LogP contribution in [0.15, 0.2) is 72.4 Å². The summed E-state index contributed by atoms with van der Waals surface area (Å²) in [7, 11) is 0. The van der Waals surface area contributed by atoms with E-state index in [9.17, 15) is 14.9 Å². The van der Waals surface area contributed by atoms with E-state index < -0.39 is 5.91 Å². The van der Waals surface area contributed by atoms with Gasteiger partial charge in [-0.2, -0.15) is 5.26 Å². The first-order chi connectivity index (χ1) is 15.1. The molecule has 1 atom stereocenters. The molecule has 160 valence electrons. The number of nitriles is 1. The number of nitrogens with zero attached hydrogens (tertiary/aromatic N) is 2. The van der Waals surface area contributed by atoms with Crippen molar-refractivity contribution in [2.45, 2.75) is 25.8 Å². The van der Waals surface area contributed by atoms with Gasteiger partial charge < -0.3 is 15.0 Å². The van der Waals surface area contributed by atoms with Crippen molar-refractivity contribution in [3.63, 3.8) is 0 Å². The Bertz CT molecular complexity index is 911. The summed E-state index contributed by atoms with van der Waals surface area (Å²) in [6.45, 7) is 3.26. The van der Waals surface area contributed by atoms with Crippen molar-refractivity contribution in [3.8, 4) is 6.07 Å². The Hall–Kier alpha value is -3.59. The fourth-order valence-electron chi connectivity index (χ4n) is 3.76. The maximum absolute atomic E-state index is 13.0. The summed E-state index contributed by atoms with van der Waals surface area (Å²) in [4.78, 5) is 26.9. The molecule has 0 radical (unpaired) electrons. The Balaban J connectivity index is 1.77. The SMILES string of the molecule is CCOC(=O)C1CCCN(/C=C(/C#N)C(=O)NC(c2ccccc2)c2ccccc2)C1. The van der Waals surface area contributed by atoms with Gasteiger partial charge >= 0.3 is 5.97 Å². The summed E-state index contributed by atoms with van der Waals surface area (Å²) >= 11 is 0. The molecule has 0 spiro atoms. The van der Waals surface area contributed by atoms with Gasteiger partial charge in [-0.05, 0) is 30.9 Å². The number of hydrogen-bond donors (Lipinski definition) is 1. The number of amides is 1. The molecule has 1 fully saturated rings. The van der Waals surface area contributed by atoms with Crippen molar-refractivity contribution < 1.29 is 14.3 Å². The van der Waals surface area contributed by atoms with Gasteiger partial charge in [-0.15, -0.1) is 0 Å². The largest absolute Gasteiger partial charge is 0.466 e. The lowest BCUT2D eigenvalue weighted by Gasteiger charge is -2.30. The lowest BCUT2D eigenvalue weighted by molar-refractivity contribution is -0.149. The zero-order chi connectivity index (χ0) is 22.1. The second-order valence-electron chi connectivity index (χ2n) is 7.47. The Morgan fingerprint density at radius 2 is 1.77 bits per heavy atom. The van der Waals surface area contributed by atoms with Crippen molar-refractivity contribution >= 4 is 11.9 Å². The fourth-order valence-corrected chi connectivity index (χ4v) is 3.76. The van der Waals surface area contributed by atoms with Gasteiger partial charge in [-0.3, -0.25) is 9.59 Å². The number of likely N-dealkylation sites (tertiary alicyclic amines) is 1. The molecule has 2 aromatic rings. The topological polar surface area (TPSA) is 82.4 Å². The Labute approximate surface area is 183 Å². The lowest BCUT2D eigenvalue weighted by Crippen LogP contribution is -2.37. The zero-order valence-corrected chi connectivity index (χ0v) is 17.7. The number of hydrogen-bond acceptors (Lipinski definition) is 5. The van der Waals surface area contributed by atoms with Gasteiger partial charge in [0.1, 0.15) is 11.6 Å². The number of nitrogens with one attached hydrogen (secondary N) is 1. The van der Waals surface area contributed by atoms with Crippen LogP contribution in [0, 0.1) is 17.2 Å². The third-order valence-corrected chi connectivity index (χ3v) is 5.29. The third kappa shape index (κ3) is 5.95. The summed E-state index contributed by atoms with van der Waals surface area (Å²) < 4.78 is 5.13. The summed E-state index contributed by atoms with van der Waals surface area (Å²) in [6, 6.07) is 20.9. The van der Waals surface area contributed by atoms with Crippen LogP contribution in [0.25, 0.3) is 0 Å². The van der Waals surface area contributed by atoms with E-state index in [0.29, 0.717) is 19.7 Å². The molecule has 0 aromatic heterocycles. The van der Waals surface area contributed by atoms with Crippen LogP contribution in [-0.4, -0.2) is 36.5 Å². The fraction of sp³-hybridized carbons (Fsp3) is 0.320. The molecule has 6 nitrogen and oxygen atoms in total. The number of carbonyl (C=O) groups excluding carboxylic acids is 2. The minimum Gasteiger partial charge on any atom is -0.466 e. The molecule has 3 rings (SSSR count). The normalized spacial score (nSPS) is 16.5. The van der Waals surface area contributed by atoms with Crippen LogP contribution in [0.2, 0.25) is 0 Å². The van der Waals surface area contributed by atoms with Crippen LogP contribution >= 0.6 is 0 Å². The first-order valence-corrected chi connectivity index (χ1v) is 10.6. The summed E-state index contributed by atoms with van der Waals surface area (Å²) in [5, 5.41) is 12.6. The molecule has 6 heteroatoms. The van der Waals surface area contributed by atoms with Crippen LogP contribution in [0.4, 0.5) is 0 Å². The predicted octanol–water partition coefficient (Wildman–Crippen LogP) is 3.57. The molecule has 1 heterocycles. The van der Waals surface area contributed by atoms with E-state index in [4.69, 9.17) is 4.74 Å². The van der Waals surface area contributed by atoms with Gasteiger partial charge in [0, 0.05) is 19.3 Å². The summed E-state index contributed by atoms with van der Waals surface area (Å²) in [5.74, 6) is -0.912. The van der Waals surface area contributed by atoms with Crippen molar-refractivity contribution in [1.82, 2.24) is 10.2 Å². The van der Waals surface area contributed by atoms with E-state index in [1.807, 2.05) is 71.6 Å². The Morgan fingerprint density at radius 3 is 2.32 bits per heavy atom. The standard InChI is InChI=1S/C25H27N3O3/c1-2-31-25(30)21-14-9-15-28(17-21)18-22(16-26)24(29)27-23(19-10-5-3-6-11-19)20-12-7-4-8-13-20/h3-8,10-13,18,21,23H,2,9,14-15,17H2,1H3,(H,27,29)/b22-18-. The van der Waals surface area contributed by atoms with Crippen LogP contribution < -0.4 is 5.32 Å². The molecule has 0 aliphatic carbocycles. The van der Waals surface area contributed by atoms with E-state index in [0.717, 1.165) is 24.0 Å². The van der Waals surface area contributed by atoms with Gasteiger partial charge in [0.25, 0.3) is 5.91 Å². The predicted molar refractivity (Wildman–Crippen MR) is 117 cm³/mol. The zero-order valence-electron chi connectivity index (χ0n) is 17.7. The quantitative estimate of drug-likeness (QED) is 0.423. The van der Waals surface area contributed by atoms with Crippen LogP contribution in [-0.2, 0) is 14.3 Å². The monoisotopic (exact) mass is 417 g/mol. The highest BCUT2D eigenvalue weighted by molar-refractivity contribution is 5.97. The van der Waals surface area contributed by atoms with Crippen LogP contribution in [0.5, 0.6) is 0 Å². The Kier molecular flexibility index (Phi) is 7.83. The van der Waals surface area contributed by atoms with Crippen molar-refractivity contribution in [2.24, 2.45) is 5.92 Å². The van der Waals surface area contributed by atoms with E-state index in [2.05, 4.69) is 5.32 Å². The highest BCUT2D eigenvalue weighted by atomic mass is 16.5. The first kappa shape index (κ1) is 22.1. The number of piperidine rings is 1. The van der Waals surface area contributed by atoms with Gasteiger partial charge in [0.05, 0.1) is 18.6 Å². The van der Waals surface area contributed by atoms with Crippen LogP contribution in [0.3, 0.4) is 0 Å². The Morgan fingerprint density at radius 1 is 1.16 bits per heavy atom. The van der Waals surface area contributed by atoms with Gasteiger partial charge in [-0.25, -0.2) is 0 Å². The third-order valence-electron chi connectivity index (χ3n) is 5.29. The first-order valence-electron chi connectivity index (χ1n) is 10.6. The maximum atomic E-state index is 13.0. The highest BCUT2D eigenvalue weighted by Crippen LogP contribution is 2.23. The van der Waals surface area contributed by atoms with Crippen molar-refractivity contribution in [1.29, 1.82) is 5.26 Å².